The number of nitrogens with one attached hydrogen (secondary N) is 2. The van der Waals surface area contributed by atoms with E-state index < -0.39 is 11.9 Å². The predicted octanol–water partition coefficient (Wildman–Crippen LogP) is 0.644. The molecule has 2 aromatic rings. The molecule has 2 atom stereocenters. The smallest absolute Gasteiger partial charge is 0.307 e. The van der Waals surface area contributed by atoms with Crippen molar-refractivity contribution in [2.75, 3.05) is 13.1 Å². The Bertz CT molecular complexity index is 704. The zero-order valence-corrected chi connectivity index (χ0v) is 13.8. The molecule has 1 saturated heterocycles. The maximum absolute atomic E-state index is 12.5. The van der Waals surface area contributed by atoms with Crippen molar-refractivity contribution in [1.82, 2.24) is 25.2 Å². The molecular formula is C17H21N5O3. The van der Waals surface area contributed by atoms with Crippen LogP contribution in [0.3, 0.4) is 0 Å². The Balaban J connectivity index is 1.61. The van der Waals surface area contributed by atoms with Crippen LogP contribution in [0, 0.1) is 11.8 Å². The molecule has 0 spiro atoms. The number of likely N-dealkylation sites (tertiary alicyclic amines) is 1. The second-order valence-electron chi connectivity index (χ2n) is 6.27. The van der Waals surface area contributed by atoms with E-state index in [0.29, 0.717) is 32.6 Å². The molecule has 1 fully saturated rings. The van der Waals surface area contributed by atoms with Crippen molar-refractivity contribution in [2.45, 2.75) is 19.5 Å². The van der Waals surface area contributed by atoms with Crippen molar-refractivity contribution in [1.29, 1.82) is 0 Å². The number of nitrogens with zero attached hydrogens (tertiary/aromatic N) is 3. The van der Waals surface area contributed by atoms with E-state index in [1.165, 1.54) is 0 Å². The molecule has 8 nitrogen and oxygen atoms in total. The molecule has 3 N–H and O–H groups in total. The summed E-state index contributed by atoms with van der Waals surface area (Å²) in [5.41, 5.74) is 0.960. The maximum Gasteiger partial charge on any atom is 0.307 e. The zero-order chi connectivity index (χ0) is 17.6. The number of amides is 1. The lowest BCUT2D eigenvalue weighted by Gasteiger charge is -2.35. The second kappa shape index (κ2) is 7.89. The molecule has 25 heavy (non-hydrogen) atoms. The summed E-state index contributed by atoms with van der Waals surface area (Å²) in [6, 6.07) is 3.68. The summed E-state index contributed by atoms with van der Waals surface area (Å²) in [6.45, 7) is 1.86. The maximum atomic E-state index is 12.5. The largest absolute Gasteiger partial charge is 0.481 e. The van der Waals surface area contributed by atoms with E-state index in [9.17, 15) is 14.7 Å². The summed E-state index contributed by atoms with van der Waals surface area (Å²) in [6.07, 6.45) is 7.09. The van der Waals surface area contributed by atoms with Crippen LogP contribution in [0.2, 0.25) is 0 Å². The number of carbonyl (C=O) groups is 2. The number of pyridine rings is 1. The van der Waals surface area contributed by atoms with Gasteiger partial charge in [0, 0.05) is 44.4 Å². The van der Waals surface area contributed by atoms with Gasteiger partial charge in [-0.25, -0.2) is 4.98 Å². The number of H-pyrrole nitrogens is 1. The third kappa shape index (κ3) is 4.63. The summed E-state index contributed by atoms with van der Waals surface area (Å²) in [5.74, 6) is -1.13. The molecule has 0 saturated carbocycles. The van der Waals surface area contributed by atoms with Gasteiger partial charge in [-0.2, -0.15) is 0 Å². The molecule has 3 rings (SSSR count). The predicted molar refractivity (Wildman–Crippen MR) is 89.2 cm³/mol. The number of aliphatic carboxylic acids is 1. The number of aromatic amines is 1. The molecular weight excluding hydrogens is 322 g/mol. The van der Waals surface area contributed by atoms with Crippen LogP contribution in [-0.4, -0.2) is 49.9 Å². The molecule has 0 aliphatic carbocycles. The molecule has 132 valence electrons. The summed E-state index contributed by atoms with van der Waals surface area (Å²) >= 11 is 0. The first-order valence-corrected chi connectivity index (χ1v) is 8.22. The van der Waals surface area contributed by atoms with Gasteiger partial charge in [-0.15, -0.1) is 0 Å². The Morgan fingerprint density at radius 3 is 2.68 bits per heavy atom. The number of carboxylic acid groups (broad SMARTS) is 1. The molecule has 3 heterocycles. The van der Waals surface area contributed by atoms with Crippen LogP contribution in [0.15, 0.2) is 36.9 Å². The van der Waals surface area contributed by atoms with Crippen LogP contribution in [0.1, 0.15) is 17.8 Å². The molecule has 1 amide bonds. The van der Waals surface area contributed by atoms with Crippen LogP contribution in [0.5, 0.6) is 0 Å². The molecule has 2 aromatic heterocycles. The first-order valence-electron chi connectivity index (χ1n) is 8.22. The van der Waals surface area contributed by atoms with Crippen LogP contribution in [-0.2, 0) is 22.7 Å². The number of carbonyl (C=O) groups excluding carboxylic acids is 1. The van der Waals surface area contributed by atoms with E-state index in [1.54, 1.807) is 24.8 Å². The van der Waals surface area contributed by atoms with Crippen molar-refractivity contribution in [3.8, 4) is 0 Å². The van der Waals surface area contributed by atoms with Gasteiger partial charge in [-0.1, -0.05) is 0 Å². The van der Waals surface area contributed by atoms with E-state index in [4.69, 9.17) is 0 Å². The quantitative estimate of drug-likeness (QED) is 0.710. The lowest BCUT2D eigenvalue weighted by Crippen LogP contribution is -2.47. The molecule has 1 aliphatic heterocycles. The minimum atomic E-state index is -0.865. The van der Waals surface area contributed by atoms with Crippen molar-refractivity contribution < 1.29 is 14.7 Å². The Morgan fingerprint density at radius 2 is 2.00 bits per heavy atom. The van der Waals surface area contributed by atoms with Gasteiger partial charge in [0.1, 0.15) is 5.82 Å². The number of hydrogen-bond acceptors (Lipinski definition) is 5. The standard InChI is InChI=1S/C17H21N5O3/c23-16(21-8-12-1-3-18-4-2-12)13-7-14(17(24)25)10-22(9-13)11-15-19-5-6-20-15/h1-6,13-14H,7-11H2,(H,19,20)(H,21,23)(H,24,25)/t13-,14+/m0/s1. The molecule has 0 unspecified atom stereocenters. The summed E-state index contributed by atoms with van der Waals surface area (Å²) < 4.78 is 0. The van der Waals surface area contributed by atoms with E-state index in [2.05, 4.69) is 20.3 Å². The zero-order valence-electron chi connectivity index (χ0n) is 13.8. The number of hydrogen-bond donors (Lipinski definition) is 3. The van der Waals surface area contributed by atoms with Crippen LogP contribution < -0.4 is 5.32 Å². The van der Waals surface area contributed by atoms with Crippen molar-refractivity contribution in [3.05, 3.63) is 48.3 Å². The molecule has 0 radical (unpaired) electrons. The molecule has 0 aromatic carbocycles. The van der Waals surface area contributed by atoms with Gasteiger partial charge in [-0.05, 0) is 24.1 Å². The Labute approximate surface area is 145 Å². The second-order valence-corrected chi connectivity index (χ2v) is 6.27. The number of aromatic nitrogens is 3. The third-order valence-corrected chi connectivity index (χ3v) is 4.39. The average Bonchev–Trinajstić information content (AvgIpc) is 3.13. The first kappa shape index (κ1) is 17.1. The van der Waals surface area contributed by atoms with Gasteiger partial charge in [-0.3, -0.25) is 19.5 Å². The van der Waals surface area contributed by atoms with Crippen molar-refractivity contribution in [2.24, 2.45) is 11.8 Å². The highest BCUT2D eigenvalue weighted by Crippen LogP contribution is 2.23. The van der Waals surface area contributed by atoms with Crippen molar-refractivity contribution >= 4 is 11.9 Å². The van der Waals surface area contributed by atoms with E-state index in [-0.39, 0.29) is 11.8 Å². The third-order valence-electron chi connectivity index (χ3n) is 4.39. The summed E-state index contributed by atoms with van der Waals surface area (Å²) in [4.78, 5) is 37.1. The number of carboxylic acids is 1. The molecule has 8 heteroatoms. The van der Waals surface area contributed by atoms with Gasteiger partial charge < -0.3 is 15.4 Å². The minimum absolute atomic E-state index is 0.118. The lowest BCUT2D eigenvalue weighted by molar-refractivity contribution is -0.145. The molecule has 0 bridgehead atoms. The van der Waals surface area contributed by atoms with Crippen LogP contribution >= 0.6 is 0 Å². The Kier molecular flexibility index (Phi) is 5.39. The van der Waals surface area contributed by atoms with E-state index >= 15 is 0 Å². The Hall–Kier alpha value is -2.74. The van der Waals surface area contributed by atoms with Crippen molar-refractivity contribution in [3.63, 3.8) is 0 Å². The molecule has 1 aliphatic rings. The average molecular weight is 343 g/mol. The highest BCUT2D eigenvalue weighted by atomic mass is 16.4. The SMILES string of the molecule is O=C(O)[C@@H]1C[C@H](C(=O)NCc2ccncc2)CN(Cc2ncc[nH]2)C1. The van der Waals surface area contributed by atoms with Gasteiger partial charge in [0.25, 0.3) is 0 Å². The fourth-order valence-electron chi connectivity index (χ4n) is 3.12. The minimum Gasteiger partial charge on any atom is -0.481 e. The number of imidazole rings is 1. The van der Waals surface area contributed by atoms with Gasteiger partial charge >= 0.3 is 5.97 Å². The monoisotopic (exact) mass is 343 g/mol. The van der Waals surface area contributed by atoms with Gasteiger partial charge in [0.2, 0.25) is 5.91 Å². The fourth-order valence-corrected chi connectivity index (χ4v) is 3.12. The number of piperidine rings is 1. The Morgan fingerprint density at radius 1 is 1.24 bits per heavy atom. The van der Waals surface area contributed by atoms with Gasteiger partial charge in [0.05, 0.1) is 18.4 Å². The first-order chi connectivity index (χ1) is 12.1. The highest BCUT2D eigenvalue weighted by Gasteiger charge is 2.35. The normalized spacial score (nSPS) is 21.0. The van der Waals surface area contributed by atoms with E-state index in [1.807, 2.05) is 17.0 Å². The van der Waals surface area contributed by atoms with Crippen LogP contribution in [0.25, 0.3) is 0 Å². The van der Waals surface area contributed by atoms with Gasteiger partial charge in [0.15, 0.2) is 0 Å². The highest BCUT2D eigenvalue weighted by molar-refractivity contribution is 5.80. The summed E-state index contributed by atoms with van der Waals surface area (Å²) in [5, 5.41) is 12.3. The topological polar surface area (TPSA) is 111 Å². The van der Waals surface area contributed by atoms with Crippen LogP contribution in [0.4, 0.5) is 0 Å². The summed E-state index contributed by atoms with van der Waals surface area (Å²) in [7, 11) is 0. The number of rotatable bonds is 6. The lowest BCUT2D eigenvalue weighted by atomic mass is 9.88. The fraction of sp³-hybridized carbons (Fsp3) is 0.412. The van der Waals surface area contributed by atoms with E-state index in [0.717, 1.165) is 11.4 Å².